The van der Waals surface area contributed by atoms with Crippen molar-refractivity contribution in [3.63, 3.8) is 0 Å². The maximum absolute atomic E-state index is 12.4. The summed E-state index contributed by atoms with van der Waals surface area (Å²) in [4.78, 5) is 46.3. The van der Waals surface area contributed by atoms with E-state index in [0.717, 1.165) is 31.4 Å². The molecule has 1 rings (SSSR count). The predicted molar refractivity (Wildman–Crippen MR) is 126 cm³/mol. The lowest BCUT2D eigenvalue weighted by Crippen LogP contribution is -2.44. The first kappa shape index (κ1) is 29.2. The van der Waals surface area contributed by atoms with Crippen LogP contribution in [0, 0.1) is 16.7 Å². The summed E-state index contributed by atoms with van der Waals surface area (Å²) in [6.07, 6.45) is 5.70. The van der Waals surface area contributed by atoms with E-state index in [9.17, 15) is 19.2 Å². The fourth-order valence-corrected chi connectivity index (χ4v) is 4.72. The SMILES string of the molecule is C=CC(=O)OCCCCOC(=O)CC1CC(C)(C)CC(C)(CNC(=O)OCCOC(=O)C=C)C1. The van der Waals surface area contributed by atoms with Gasteiger partial charge in [0.15, 0.2) is 0 Å². The summed E-state index contributed by atoms with van der Waals surface area (Å²) >= 11 is 0. The van der Waals surface area contributed by atoms with Crippen LogP contribution in [0.4, 0.5) is 4.79 Å². The number of carbonyl (C=O) groups excluding carboxylic acids is 4. The normalized spacial score (nSPS) is 21.0. The van der Waals surface area contributed by atoms with Crippen LogP contribution in [-0.4, -0.2) is 57.0 Å². The van der Waals surface area contributed by atoms with Crippen LogP contribution in [0.25, 0.3) is 0 Å². The van der Waals surface area contributed by atoms with Crippen molar-refractivity contribution in [2.75, 3.05) is 33.0 Å². The molecule has 192 valence electrons. The van der Waals surface area contributed by atoms with E-state index in [4.69, 9.17) is 18.9 Å². The Hall–Kier alpha value is -2.84. The first-order chi connectivity index (χ1) is 16.0. The minimum absolute atomic E-state index is 0.0114. The molecule has 0 aliphatic heterocycles. The summed E-state index contributed by atoms with van der Waals surface area (Å²) in [6, 6.07) is 0. The monoisotopic (exact) mass is 481 g/mol. The van der Waals surface area contributed by atoms with Crippen LogP contribution < -0.4 is 5.32 Å². The third kappa shape index (κ3) is 12.4. The maximum Gasteiger partial charge on any atom is 0.407 e. The van der Waals surface area contributed by atoms with E-state index in [1.807, 2.05) is 0 Å². The van der Waals surface area contributed by atoms with Crippen LogP contribution in [0.5, 0.6) is 0 Å². The molecule has 0 aromatic carbocycles. The Morgan fingerprint density at radius 3 is 2.03 bits per heavy atom. The Morgan fingerprint density at radius 2 is 1.41 bits per heavy atom. The second-order valence-corrected chi connectivity index (χ2v) is 9.79. The van der Waals surface area contributed by atoms with Gasteiger partial charge in [-0.3, -0.25) is 4.79 Å². The van der Waals surface area contributed by atoms with E-state index in [-0.39, 0.29) is 49.1 Å². The van der Waals surface area contributed by atoms with Crippen molar-refractivity contribution in [1.82, 2.24) is 5.32 Å². The van der Waals surface area contributed by atoms with E-state index in [0.29, 0.717) is 25.8 Å². The molecule has 2 atom stereocenters. The summed E-state index contributed by atoms with van der Waals surface area (Å²) in [5.74, 6) is -1.13. The summed E-state index contributed by atoms with van der Waals surface area (Å²) in [6.45, 7) is 13.9. The van der Waals surface area contributed by atoms with Gasteiger partial charge < -0.3 is 24.3 Å². The number of rotatable bonds is 14. The van der Waals surface area contributed by atoms with Gasteiger partial charge in [-0.05, 0) is 48.9 Å². The zero-order chi connectivity index (χ0) is 25.6. The number of carbonyl (C=O) groups is 4. The number of unbranched alkanes of at least 4 members (excludes halogenated alkanes) is 1. The van der Waals surface area contributed by atoms with Gasteiger partial charge >= 0.3 is 24.0 Å². The molecule has 0 radical (unpaired) electrons. The number of alkyl carbamates (subject to hydrolysis) is 1. The largest absolute Gasteiger partial charge is 0.466 e. The van der Waals surface area contributed by atoms with Crippen LogP contribution in [0.15, 0.2) is 25.3 Å². The first-order valence-corrected chi connectivity index (χ1v) is 11.6. The molecule has 1 amide bonds. The van der Waals surface area contributed by atoms with Crippen LogP contribution in [0.2, 0.25) is 0 Å². The summed E-state index contributed by atoms with van der Waals surface area (Å²) in [5, 5.41) is 2.79. The molecular weight excluding hydrogens is 442 g/mol. The number of ether oxygens (including phenoxy) is 4. The number of hydrogen-bond acceptors (Lipinski definition) is 8. The fraction of sp³-hybridized carbons (Fsp3) is 0.680. The van der Waals surface area contributed by atoms with E-state index in [2.05, 4.69) is 39.2 Å². The van der Waals surface area contributed by atoms with Crippen LogP contribution in [0.3, 0.4) is 0 Å². The average Bonchev–Trinajstić information content (AvgIpc) is 2.75. The van der Waals surface area contributed by atoms with Gasteiger partial charge in [-0.2, -0.15) is 0 Å². The Bertz CT molecular complexity index is 732. The van der Waals surface area contributed by atoms with Gasteiger partial charge in [0.25, 0.3) is 0 Å². The van der Waals surface area contributed by atoms with E-state index in [1.165, 1.54) is 0 Å². The molecule has 0 spiro atoms. The van der Waals surface area contributed by atoms with Gasteiger partial charge in [0.2, 0.25) is 0 Å². The summed E-state index contributed by atoms with van der Waals surface area (Å²) < 4.78 is 20.1. The molecule has 0 aromatic rings. The van der Waals surface area contributed by atoms with Gasteiger partial charge in [-0.15, -0.1) is 0 Å². The van der Waals surface area contributed by atoms with Crippen LogP contribution in [0.1, 0.15) is 59.3 Å². The molecule has 34 heavy (non-hydrogen) atoms. The standard InChI is InChI=1S/C25H39NO8/c1-6-20(27)31-10-8-9-11-32-22(29)14-19-15-24(3,4)17-25(5,16-19)18-26-23(30)34-13-12-33-21(28)7-2/h6-7,19H,1-2,8-18H2,3-5H3,(H,26,30). The number of esters is 3. The van der Waals surface area contributed by atoms with Crippen molar-refractivity contribution in [3.05, 3.63) is 25.3 Å². The molecular formula is C25H39NO8. The number of nitrogens with one attached hydrogen (secondary N) is 1. The van der Waals surface area contributed by atoms with Gasteiger partial charge in [-0.25, -0.2) is 14.4 Å². The maximum atomic E-state index is 12.4. The fourth-order valence-electron chi connectivity index (χ4n) is 4.72. The third-order valence-electron chi connectivity index (χ3n) is 5.58. The molecule has 9 heteroatoms. The highest BCUT2D eigenvalue weighted by Crippen LogP contribution is 2.49. The molecule has 9 nitrogen and oxygen atoms in total. The topological polar surface area (TPSA) is 117 Å². The highest BCUT2D eigenvalue weighted by atomic mass is 16.6. The zero-order valence-electron chi connectivity index (χ0n) is 20.7. The minimum atomic E-state index is -0.575. The lowest BCUT2D eigenvalue weighted by molar-refractivity contribution is -0.146. The van der Waals surface area contributed by atoms with Crippen LogP contribution in [-0.2, 0) is 33.3 Å². The van der Waals surface area contributed by atoms with E-state index in [1.54, 1.807) is 0 Å². The average molecular weight is 482 g/mol. The predicted octanol–water partition coefficient (Wildman–Crippen LogP) is 3.72. The second-order valence-electron chi connectivity index (χ2n) is 9.79. The molecule has 1 aliphatic carbocycles. The molecule has 1 aliphatic rings. The molecule has 0 saturated heterocycles. The van der Waals surface area contributed by atoms with Crippen molar-refractivity contribution in [3.8, 4) is 0 Å². The van der Waals surface area contributed by atoms with Crippen LogP contribution >= 0.6 is 0 Å². The van der Waals surface area contributed by atoms with Gasteiger partial charge in [0.1, 0.15) is 13.2 Å². The zero-order valence-corrected chi connectivity index (χ0v) is 20.7. The van der Waals surface area contributed by atoms with Crippen molar-refractivity contribution >= 4 is 24.0 Å². The van der Waals surface area contributed by atoms with Gasteiger partial charge in [0, 0.05) is 25.1 Å². The van der Waals surface area contributed by atoms with Gasteiger partial charge in [-0.1, -0.05) is 33.9 Å². The minimum Gasteiger partial charge on any atom is -0.466 e. The van der Waals surface area contributed by atoms with Crippen molar-refractivity contribution in [2.45, 2.75) is 59.3 Å². The second kappa shape index (κ2) is 14.4. The molecule has 2 unspecified atom stereocenters. The first-order valence-electron chi connectivity index (χ1n) is 11.6. The van der Waals surface area contributed by atoms with Crippen molar-refractivity contribution in [1.29, 1.82) is 0 Å². The summed E-state index contributed by atoms with van der Waals surface area (Å²) in [7, 11) is 0. The third-order valence-corrected chi connectivity index (χ3v) is 5.58. The Kier molecular flexibility index (Phi) is 12.4. The highest BCUT2D eigenvalue weighted by molar-refractivity contribution is 5.81. The van der Waals surface area contributed by atoms with E-state index < -0.39 is 18.0 Å². The Balaban J connectivity index is 2.39. The lowest BCUT2D eigenvalue weighted by Gasteiger charge is -2.46. The summed E-state index contributed by atoms with van der Waals surface area (Å²) in [5.41, 5.74) is -0.187. The number of amides is 1. The van der Waals surface area contributed by atoms with Crippen molar-refractivity contribution in [2.24, 2.45) is 16.7 Å². The highest BCUT2D eigenvalue weighted by Gasteiger charge is 2.42. The Morgan fingerprint density at radius 1 is 0.853 bits per heavy atom. The molecule has 1 fully saturated rings. The van der Waals surface area contributed by atoms with Crippen molar-refractivity contribution < 1.29 is 38.1 Å². The molecule has 1 saturated carbocycles. The lowest BCUT2D eigenvalue weighted by atomic mass is 9.60. The van der Waals surface area contributed by atoms with E-state index >= 15 is 0 Å². The molecule has 0 heterocycles. The molecule has 0 bridgehead atoms. The van der Waals surface area contributed by atoms with Gasteiger partial charge in [0.05, 0.1) is 13.2 Å². The quantitative estimate of drug-likeness (QED) is 0.173. The Labute approximate surface area is 202 Å². The smallest absolute Gasteiger partial charge is 0.407 e. The molecule has 1 N–H and O–H groups in total. The molecule has 0 aromatic heterocycles. The number of hydrogen-bond donors (Lipinski definition) is 1.